The average molecular weight is 240 g/mol. The Labute approximate surface area is 101 Å². The fourth-order valence-corrected chi connectivity index (χ4v) is 1.95. The van der Waals surface area contributed by atoms with Crippen molar-refractivity contribution in [2.24, 2.45) is 5.92 Å². The van der Waals surface area contributed by atoms with Crippen LogP contribution in [-0.4, -0.2) is 5.78 Å². The summed E-state index contributed by atoms with van der Waals surface area (Å²) in [4.78, 5) is 11.7. The Hall–Kier alpha value is -1.25. The lowest BCUT2D eigenvalue weighted by Crippen LogP contribution is -2.10. The number of benzene rings is 1. The highest BCUT2D eigenvalue weighted by molar-refractivity contribution is 5.81. The zero-order chi connectivity index (χ0) is 12.8. The molecule has 0 radical (unpaired) electrons. The van der Waals surface area contributed by atoms with E-state index in [9.17, 15) is 13.6 Å². The van der Waals surface area contributed by atoms with Gasteiger partial charge >= 0.3 is 0 Å². The second kappa shape index (κ2) is 6.48. The standard InChI is InChI=1S/C14H18F2O/c1-3-5-10(2)8-11(17)9-12-13(15)6-4-7-14(12)16/h4,6-7,10H,3,5,8-9H2,1-2H3. The van der Waals surface area contributed by atoms with E-state index in [0.717, 1.165) is 12.8 Å². The maximum Gasteiger partial charge on any atom is 0.137 e. The van der Waals surface area contributed by atoms with Gasteiger partial charge in [0.05, 0.1) is 0 Å². The first kappa shape index (κ1) is 13.8. The second-order valence-corrected chi connectivity index (χ2v) is 4.51. The van der Waals surface area contributed by atoms with Gasteiger partial charge in [-0.1, -0.05) is 32.8 Å². The number of Topliss-reactive ketones (excluding diaryl/α,β-unsaturated/α-hetero) is 1. The fourth-order valence-electron chi connectivity index (χ4n) is 1.95. The van der Waals surface area contributed by atoms with Crippen LogP contribution in [0.1, 0.15) is 38.7 Å². The van der Waals surface area contributed by atoms with Crippen molar-refractivity contribution in [2.45, 2.75) is 39.5 Å². The lowest BCUT2D eigenvalue weighted by molar-refractivity contribution is -0.119. The first-order valence-electron chi connectivity index (χ1n) is 5.99. The summed E-state index contributed by atoms with van der Waals surface area (Å²) >= 11 is 0. The lowest BCUT2D eigenvalue weighted by Gasteiger charge is -2.09. The van der Waals surface area contributed by atoms with E-state index in [2.05, 4.69) is 6.92 Å². The van der Waals surface area contributed by atoms with E-state index in [0.29, 0.717) is 6.42 Å². The van der Waals surface area contributed by atoms with Gasteiger partial charge in [-0.15, -0.1) is 0 Å². The highest BCUT2D eigenvalue weighted by atomic mass is 19.1. The number of rotatable bonds is 6. The van der Waals surface area contributed by atoms with Crippen LogP contribution in [0.5, 0.6) is 0 Å². The molecule has 1 rings (SSSR count). The summed E-state index contributed by atoms with van der Waals surface area (Å²) in [5, 5.41) is 0. The predicted octanol–water partition coefficient (Wildman–Crippen LogP) is 3.90. The minimum absolute atomic E-state index is 0.102. The van der Waals surface area contributed by atoms with Crippen LogP contribution in [0, 0.1) is 17.6 Å². The quantitative estimate of drug-likeness (QED) is 0.737. The molecule has 1 aromatic carbocycles. The van der Waals surface area contributed by atoms with Crippen molar-refractivity contribution in [1.82, 2.24) is 0 Å². The van der Waals surface area contributed by atoms with Gasteiger partial charge in [0.15, 0.2) is 0 Å². The molecule has 0 heterocycles. The number of hydrogen-bond donors (Lipinski definition) is 0. The molecule has 0 aliphatic carbocycles. The third kappa shape index (κ3) is 4.25. The highest BCUT2D eigenvalue weighted by Gasteiger charge is 2.14. The molecular weight excluding hydrogens is 222 g/mol. The summed E-state index contributed by atoms with van der Waals surface area (Å²) in [5.74, 6) is -1.10. The van der Waals surface area contributed by atoms with Crippen LogP contribution < -0.4 is 0 Å². The maximum atomic E-state index is 13.3. The van der Waals surface area contributed by atoms with Crippen LogP contribution in [0.3, 0.4) is 0 Å². The van der Waals surface area contributed by atoms with Crippen LogP contribution in [0.2, 0.25) is 0 Å². The Morgan fingerprint density at radius 2 is 1.88 bits per heavy atom. The Kier molecular flexibility index (Phi) is 5.26. The van der Waals surface area contributed by atoms with Gasteiger partial charge in [0, 0.05) is 18.4 Å². The zero-order valence-corrected chi connectivity index (χ0v) is 10.3. The van der Waals surface area contributed by atoms with Crippen LogP contribution in [0.4, 0.5) is 8.78 Å². The molecule has 1 atom stereocenters. The predicted molar refractivity (Wildman–Crippen MR) is 63.8 cm³/mol. The Morgan fingerprint density at radius 3 is 2.41 bits per heavy atom. The van der Waals surface area contributed by atoms with E-state index in [1.807, 2.05) is 6.92 Å². The van der Waals surface area contributed by atoms with Crippen LogP contribution in [0.15, 0.2) is 18.2 Å². The zero-order valence-electron chi connectivity index (χ0n) is 10.3. The SMILES string of the molecule is CCCC(C)CC(=O)Cc1c(F)cccc1F. The maximum absolute atomic E-state index is 13.3. The molecule has 17 heavy (non-hydrogen) atoms. The van der Waals surface area contributed by atoms with Crippen LogP contribution in [-0.2, 0) is 11.2 Å². The first-order chi connectivity index (χ1) is 8.04. The number of halogens is 2. The molecule has 3 heteroatoms. The Balaban J connectivity index is 2.62. The molecule has 0 N–H and O–H groups in total. The second-order valence-electron chi connectivity index (χ2n) is 4.51. The number of carbonyl (C=O) groups is 1. The first-order valence-corrected chi connectivity index (χ1v) is 5.99. The van der Waals surface area contributed by atoms with E-state index in [4.69, 9.17) is 0 Å². The van der Waals surface area contributed by atoms with Gasteiger partial charge in [-0.3, -0.25) is 4.79 Å². The normalized spacial score (nSPS) is 12.5. The minimum Gasteiger partial charge on any atom is -0.299 e. The number of ketones is 1. The molecule has 0 fully saturated rings. The topological polar surface area (TPSA) is 17.1 Å². The van der Waals surface area contributed by atoms with E-state index >= 15 is 0 Å². The molecule has 0 saturated carbocycles. The lowest BCUT2D eigenvalue weighted by atomic mass is 9.96. The summed E-state index contributed by atoms with van der Waals surface area (Å²) < 4.78 is 26.6. The number of hydrogen-bond acceptors (Lipinski definition) is 1. The van der Waals surface area contributed by atoms with Crippen molar-refractivity contribution >= 4 is 5.78 Å². The van der Waals surface area contributed by atoms with E-state index in [1.165, 1.54) is 18.2 Å². The van der Waals surface area contributed by atoms with Gasteiger partial charge in [-0.2, -0.15) is 0 Å². The minimum atomic E-state index is -0.638. The Morgan fingerprint density at radius 1 is 1.29 bits per heavy atom. The van der Waals surface area contributed by atoms with Crippen molar-refractivity contribution in [3.8, 4) is 0 Å². The highest BCUT2D eigenvalue weighted by Crippen LogP contribution is 2.16. The molecule has 1 aromatic rings. The smallest absolute Gasteiger partial charge is 0.137 e. The van der Waals surface area contributed by atoms with Crippen LogP contribution in [0.25, 0.3) is 0 Å². The van der Waals surface area contributed by atoms with Gasteiger partial charge in [-0.25, -0.2) is 8.78 Å². The third-order valence-corrected chi connectivity index (χ3v) is 2.79. The van der Waals surface area contributed by atoms with Gasteiger partial charge in [0.2, 0.25) is 0 Å². The van der Waals surface area contributed by atoms with Crippen molar-refractivity contribution in [2.75, 3.05) is 0 Å². The molecule has 1 nitrogen and oxygen atoms in total. The molecule has 1 unspecified atom stereocenters. The summed E-state index contributed by atoms with van der Waals surface area (Å²) in [6.45, 7) is 4.04. The van der Waals surface area contributed by atoms with Crippen LogP contribution >= 0.6 is 0 Å². The summed E-state index contributed by atoms with van der Waals surface area (Å²) in [6, 6.07) is 3.67. The summed E-state index contributed by atoms with van der Waals surface area (Å²) in [6.07, 6.45) is 2.22. The molecular formula is C14H18F2O. The van der Waals surface area contributed by atoms with Gasteiger partial charge in [-0.05, 0) is 18.1 Å². The van der Waals surface area contributed by atoms with E-state index < -0.39 is 11.6 Å². The van der Waals surface area contributed by atoms with E-state index in [1.54, 1.807) is 0 Å². The van der Waals surface area contributed by atoms with Gasteiger partial charge < -0.3 is 0 Å². The molecule has 0 aliphatic heterocycles. The molecule has 0 aromatic heterocycles. The van der Waals surface area contributed by atoms with Crippen molar-refractivity contribution in [3.05, 3.63) is 35.4 Å². The molecule has 0 bridgehead atoms. The van der Waals surface area contributed by atoms with Gasteiger partial charge in [0.1, 0.15) is 17.4 Å². The Bertz CT molecular complexity index is 368. The molecule has 0 aliphatic rings. The largest absolute Gasteiger partial charge is 0.299 e. The van der Waals surface area contributed by atoms with Crippen molar-refractivity contribution < 1.29 is 13.6 Å². The molecule has 0 saturated heterocycles. The van der Waals surface area contributed by atoms with Crippen molar-refractivity contribution in [3.63, 3.8) is 0 Å². The fraction of sp³-hybridized carbons (Fsp3) is 0.500. The summed E-state index contributed by atoms with van der Waals surface area (Å²) in [5.41, 5.74) is -0.110. The monoisotopic (exact) mass is 240 g/mol. The summed E-state index contributed by atoms with van der Waals surface area (Å²) in [7, 11) is 0. The molecule has 0 amide bonds. The molecule has 94 valence electrons. The van der Waals surface area contributed by atoms with Gasteiger partial charge in [0.25, 0.3) is 0 Å². The third-order valence-electron chi connectivity index (χ3n) is 2.79. The van der Waals surface area contributed by atoms with Crippen molar-refractivity contribution in [1.29, 1.82) is 0 Å². The average Bonchev–Trinajstić information content (AvgIpc) is 2.24. The number of carbonyl (C=O) groups excluding carboxylic acids is 1. The molecule has 0 spiro atoms. The van der Waals surface area contributed by atoms with E-state index in [-0.39, 0.29) is 23.7 Å².